The van der Waals surface area contributed by atoms with Crippen LogP contribution in [0.25, 0.3) is 0 Å². The number of alkyl halides is 1. The first-order chi connectivity index (χ1) is 5.24. The SMILES string of the molecule is O=CC(Br)c1ccc(F)cc1. The first-order valence-corrected chi connectivity index (χ1v) is 4.00. The maximum absolute atomic E-state index is 12.4. The Labute approximate surface area is 72.4 Å². The van der Waals surface area contributed by atoms with Gasteiger partial charge in [-0.15, -0.1) is 0 Å². The minimum Gasteiger partial charge on any atom is -0.302 e. The number of carbonyl (C=O) groups is 1. The van der Waals surface area contributed by atoms with Gasteiger partial charge in [0.15, 0.2) is 0 Å². The number of carbonyl (C=O) groups excluding carboxylic acids is 1. The summed E-state index contributed by atoms with van der Waals surface area (Å²) in [6, 6.07) is 5.80. The van der Waals surface area contributed by atoms with Gasteiger partial charge in [0, 0.05) is 0 Å². The second kappa shape index (κ2) is 3.62. The summed E-state index contributed by atoms with van der Waals surface area (Å²) in [5, 5.41) is 0. The summed E-state index contributed by atoms with van der Waals surface area (Å²) in [6.45, 7) is 0. The Kier molecular flexibility index (Phi) is 2.76. The molecule has 11 heavy (non-hydrogen) atoms. The molecule has 0 fully saturated rings. The number of aldehydes is 1. The molecule has 0 aliphatic heterocycles. The van der Waals surface area contributed by atoms with Crippen LogP contribution in [0.4, 0.5) is 4.39 Å². The van der Waals surface area contributed by atoms with Gasteiger partial charge in [0.1, 0.15) is 12.1 Å². The molecular weight excluding hydrogens is 211 g/mol. The molecule has 0 saturated heterocycles. The second-order valence-corrected chi connectivity index (χ2v) is 3.08. The highest BCUT2D eigenvalue weighted by Gasteiger charge is 2.03. The summed E-state index contributed by atoms with van der Waals surface area (Å²) in [5.74, 6) is -0.292. The Bertz CT molecular complexity index is 245. The van der Waals surface area contributed by atoms with Crippen LogP contribution in [0.1, 0.15) is 10.4 Å². The van der Waals surface area contributed by atoms with Gasteiger partial charge in [0.05, 0.1) is 4.83 Å². The molecule has 1 nitrogen and oxygen atoms in total. The molecule has 0 spiro atoms. The zero-order chi connectivity index (χ0) is 8.27. The van der Waals surface area contributed by atoms with E-state index in [4.69, 9.17) is 0 Å². The van der Waals surface area contributed by atoms with Crippen LogP contribution < -0.4 is 0 Å². The van der Waals surface area contributed by atoms with Gasteiger partial charge in [0.25, 0.3) is 0 Å². The maximum Gasteiger partial charge on any atom is 0.138 e. The van der Waals surface area contributed by atoms with Crippen molar-refractivity contribution in [1.82, 2.24) is 0 Å². The lowest BCUT2D eigenvalue weighted by Gasteiger charge is -1.99. The summed E-state index contributed by atoms with van der Waals surface area (Å²) < 4.78 is 12.4. The number of hydrogen-bond acceptors (Lipinski definition) is 1. The third-order valence-corrected chi connectivity index (χ3v) is 2.05. The largest absolute Gasteiger partial charge is 0.302 e. The lowest BCUT2D eigenvalue weighted by molar-refractivity contribution is -0.107. The van der Waals surface area contributed by atoms with Crippen LogP contribution in [0.2, 0.25) is 0 Å². The van der Waals surface area contributed by atoms with Crippen molar-refractivity contribution in [2.45, 2.75) is 4.83 Å². The Balaban J connectivity index is 2.89. The molecule has 0 radical (unpaired) electrons. The van der Waals surface area contributed by atoms with Crippen molar-refractivity contribution in [1.29, 1.82) is 0 Å². The molecule has 0 aromatic heterocycles. The zero-order valence-electron chi connectivity index (χ0n) is 5.63. The van der Waals surface area contributed by atoms with Crippen molar-refractivity contribution in [2.75, 3.05) is 0 Å². The van der Waals surface area contributed by atoms with Crippen LogP contribution in [-0.4, -0.2) is 6.29 Å². The van der Waals surface area contributed by atoms with Crippen molar-refractivity contribution in [3.8, 4) is 0 Å². The van der Waals surface area contributed by atoms with Gasteiger partial charge in [-0.3, -0.25) is 0 Å². The average molecular weight is 217 g/mol. The molecule has 1 rings (SSSR count). The molecule has 3 heteroatoms. The van der Waals surface area contributed by atoms with Crippen LogP contribution in [0, 0.1) is 5.82 Å². The topological polar surface area (TPSA) is 17.1 Å². The summed E-state index contributed by atoms with van der Waals surface area (Å²) in [5.41, 5.74) is 0.765. The van der Waals surface area contributed by atoms with Gasteiger partial charge >= 0.3 is 0 Å². The van der Waals surface area contributed by atoms with Crippen LogP contribution in [0.15, 0.2) is 24.3 Å². The van der Waals surface area contributed by atoms with Gasteiger partial charge in [-0.1, -0.05) is 28.1 Å². The number of halogens is 2. The van der Waals surface area contributed by atoms with Crippen LogP contribution in [0.5, 0.6) is 0 Å². The molecule has 0 aliphatic rings. The Hall–Kier alpha value is -0.700. The molecule has 1 unspecified atom stereocenters. The van der Waals surface area contributed by atoms with Crippen LogP contribution in [-0.2, 0) is 4.79 Å². The van der Waals surface area contributed by atoms with E-state index in [-0.39, 0.29) is 10.6 Å². The predicted molar refractivity (Wildman–Crippen MR) is 44.1 cm³/mol. The smallest absolute Gasteiger partial charge is 0.138 e. The molecule has 1 aromatic rings. The zero-order valence-corrected chi connectivity index (χ0v) is 7.21. The summed E-state index contributed by atoms with van der Waals surface area (Å²) in [6.07, 6.45) is 0.757. The Morgan fingerprint density at radius 3 is 2.36 bits per heavy atom. The summed E-state index contributed by atoms with van der Waals surface area (Å²) >= 11 is 3.12. The van der Waals surface area contributed by atoms with E-state index in [0.717, 1.165) is 11.8 Å². The van der Waals surface area contributed by atoms with E-state index in [9.17, 15) is 9.18 Å². The highest BCUT2D eigenvalue weighted by Crippen LogP contribution is 2.19. The fourth-order valence-corrected chi connectivity index (χ4v) is 1.03. The molecule has 0 N–H and O–H groups in total. The number of benzene rings is 1. The van der Waals surface area contributed by atoms with Crippen molar-refractivity contribution in [3.63, 3.8) is 0 Å². The average Bonchev–Trinajstić information content (AvgIpc) is 2.05. The van der Waals surface area contributed by atoms with E-state index < -0.39 is 0 Å². The minimum absolute atomic E-state index is 0.292. The molecule has 0 saturated carbocycles. The Morgan fingerprint density at radius 1 is 1.36 bits per heavy atom. The van der Waals surface area contributed by atoms with Crippen molar-refractivity contribution < 1.29 is 9.18 Å². The first kappa shape index (κ1) is 8.40. The molecular formula is C8H6BrFO. The third-order valence-electron chi connectivity index (χ3n) is 1.31. The predicted octanol–water partition coefficient (Wildman–Crippen LogP) is 2.46. The van der Waals surface area contributed by atoms with E-state index in [1.54, 1.807) is 12.1 Å². The van der Waals surface area contributed by atoms with Crippen molar-refractivity contribution in [2.24, 2.45) is 0 Å². The molecule has 0 bridgehead atoms. The number of hydrogen-bond donors (Lipinski definition) is 0. The fraction of sp³-hybridized carbons (Fsp3) is 0.125. The summed E-state index contributed by atoms with van der Waals surface area (Å²) in [4.78, 5) is 9.92. The van der Waals surface area contributed by atoms with Gasteiger partial charge in [0.2, 0.25) is 0 Å². The van der Waals surface area contributed by atoms with Crippen molar-refractivity contribution in [3.05, 3.63) is 35.6 Å². The van der Waals surface area contributed by atoms with Gasteiger partial charge in [-0.05, 0) is 17.7 Å². The Morgan fingerprint density at radius 2 is 1.91 bits per heavy atom. The first-order valence-electron chi connectivity index (χ1n) is 3.09. The molecule has 1 atom stereocenters. The van der Waals surface area contributed by atoms with Gasteiger partial charge in [-0.25, -0.2) is 4.39 Å². The van der Waals surface area contributed by atoms with E-state index in [1.807, 2.05) is 0 Å². The fourth-order valence-electron chi connectivity index (χ4n) is 0.725. The molecule has 0 aliphatic carbocycles. The normalized spacial score (nSPS) is 12.5. The highest BCUT2D eigenvalue weighted by atomic mass is 79.9. The van der Waals surface area contributed by atoms with E-state index in [0.29, 0.717) is 0 Å². The molecule has 0 amide bonds. The lowest BCUT2D eigenvalue weighted by atomic mass is 10.2. The molecule has 0 heterocycles. The maximum atomic E-state index is 12.4. The van der Waals surface area contributed by atoms with Crippen molar-refractivity contribution >= 4 is 22.2 Å². The highest BCUT2D eigenvalue weighted by molar-refractivity contribution is 9.09. The lowest BCUT2D eigenvalue weighted by Crippen LogP contribution is -1.89. The van der Waals surface area contributed by atoms with Gasteiger partial charge in [-0.2, -0.15) is 0 Å². The van der Waals surface area contributed by atoms with E-state index in [1.165, 1.54) is 12.1 Å². The van der Waals surface area contributed by atoms with Crippen LogP contribution in [0.3, 0.4) is 0 Å². The standard InChI is InChI=1S/C8H6BrFO/c9-8(5-11)6-1-3-7(10)4-2-6/h1-5,8H. The van der Waals surface area contributed by atoms with E-state index in [2.05, 4.69) is 15.9 Å². The number of rotatable bonds is 2. The third kappa shape index (κ3) is 2.12. The minimum atomic E-state index is -0.330. The van der Waals surface area contributed by atoms with Crippen LogP contribution >= 0.6 is 15.9 Å². The van der Waals surface area contributed by atoms with Gasteiger partial charge < -0.3 is 4.79 Å². The summed E-state index contributed by atoms with van der Waals surface area (Å²) in [7, 11) is 0. The molecule has 58 valence electrons. The second-order valence-electron chi connectivity index (χ2n) is 2.09. The quantitative estimate of drug-likeness (QED) is 0.549. The van der Waals surface area contributed by atoms with E-state index >= 15 is 0 Å². The monoisotopic (exact) mass is 216 g/mol. The molecule has 1 aromatic carbocycles.